The zero-order valence-electron chi connectivity index (χ0n) is 9.15. The van der Waals surface area contributed by atoms with Crippen LogP contribution in [0.3, 0.4) is 0 Å². The van der Waals surface area contributed by atoms with Gasteiger partial charge in [-0.3, -0.25) is 0 Å². The number of rotatable bonds is 3. The highest BCUT2D eigenvalue weighted by Gasteiger charge is 2.04. The van der Waals surface area contributed by atoms with Crippen molar-refractivity contribution in [2.75, 3.05) is 0 Å². The molecule has 0 spiro atoms. The average molecular weight is 297 g/mol. The van der Waals surface area contributed by atoms with E-state index in [1.54, 1.807) is 31.5 Å². The molecule has 0 aliphatic heterocycles. The van der Waals surface area contributed by atoms with Gasteiger partial charge in [-0.25, -0.2) is 14.4 Å². The van der Waals surface area contributed by atoms with E-state index in [0.717, 1.165) is 10.0 Å². The van der Waals surface area contributed by atoms with Gasteiger partial charge in [0.25, 0.3) is 0 Å². The highest BCUT2D eigenvalue weighted by Crippen LogP contribution is 2.22. The number of nitrogens with zero attached hydrogens (tertiary/aromatic N) is 2. The molecule has 1 aromatic heterocycles. The van der Waals surface area contributed by atoms with Crippen molar-refractivity contribution in [1.29, 1.82) is 0 Å². The van der Waals surface area contributed by atoms with Crippen molar-refractivity contribution < 1.29 is 9.13 Å². The molecule has 0 amide bonds. The standard InChI is InChI=1S/C12H10BrFN2O/c1-8-15-5-9(6-16-8)7-17-12-4-10(13)2-3-11(12)14/h2-6H,7H2,1H3. The lowest BCUT2D eigenvalue weighted by molar-refractivity contribution is 0.289. The Balaban J connectivity index is 2.07. The van der Waals surface area contributed by atoms with E-state index in [1.807, 2.05) is 0 Å². The summed E-state index contributed by atoms with van der Waals surface area (Å²) in [5.74, 6) is 0.517. The van der Waals surface area contributed by atoms with Crippen molar-refractivity contribution >= 4 is 15.9 Å². The number of ether oxygens (including phenoxy) is 1. The molecule has 88 valence electrons. The Labute approximate surface area is 107 Å². The molecule has 0 atom stereocenters. The van der Waals surface area contributed by atoms with Crippen LogP contribution in [-0.2, 0) is 6.61 Å². The summed E-state index contributed by atoms with van der Waals surface area (Å²) in [5.41, 5.74) is 0.801. The molecule has 0 N–H and O–H groups in total. The second-order valence-electron chi connectivity index (χ2n) is 3.50. The quantitative estimate of drug-likeness (QED) is 0.872. The number of aryl methyl sites for hydroxylation is 1. The molecule has 5 heteroatoms. The fraction of sp³-hybridized carbons (Fsp3) is 0.167. The minimum absolute atomic E-state index is 0.208. The molecule has 2 aromatic rings. The third-order valence-corrected chi connectivity index (χ3v) is 2.62. The monoisotopic (exact) mass is 296 g/mol. The van der Waals surface area contributed by atoms with Gasteiger partial charge in [0.05, 0.1) is 0 Å². The number of hydrogen-bond acceptors (Lipinski definition) is 3. The third kappa shape index (κ3) is 3.23. The maximum absolute atomic E-state index is 13.4. The number of aromatic nitrogens is 2. The SMILES string of the molecule is Cc1ncc(COc2cc(Br)ccc2F)cn1. The summed E-state index contributed by atoms with van der Waals surface area (Å²) < 4.78 is 19.5. The van der Waals surface area contributed by atoms with Crippen LogP contribution < -0.4 is 4.74 Å². The summed E-state index contributed by atoms with van der Waals surface area (Å²) in [4.78, 5) is 8.07. The van der Waals surface area contributed by atoms with Crippen LogP contribution in [0.15, 0.2) is 35.1 Å². The molecular weight excluding hydrogens is 287 g/mol. The first kappa shape index (κ1) is 12.0. The Morgan fingerprint density at radius 2 is 2.00 bits per heavy atom. The van der Waals surface area contributed by atoms with Gasteiger partial charge in [-0.15, -0.1) is 0 Å². The van der Waals surface area contributed by atoms with Crippen LogP contribution in [0.4, 0.5) is 4.39 Å². The maximum Gasteiger partial charge on any atom is 0.165 e. The van der Waals surface area contributed by atoms with Crippen molar-refractivity contribution in [3.63, 3.8) is 0 Å². The molecular formula is C12H10BrFN2O. The predicted molar refractivity (Wildman–Crippen MR) is 65.2 cm³/mol. The lowest BCUT2D eigenvalue weighted by atomic mass is 10.3. The largest absolute Gasteiger partial charge is 0.486 e. The van der Waals surface area contributed by atoms with Gasteiger partial charge in [0.15, 0.2) is 11.6 Å². The Morgan fingerprint density at radius 3 is 2.71 bits per heavy atom. The number of hydrogen-bond donors (Lipinski definition) is 0. The normalized spacial score (nSPS) is 10.3. The van der Waals surface area contributed by atoms with Gasteiger partial charge in [0.2, 0.25) is 0 Å². The van der Waals surface area contributed by atoms with Crippen LogP contribution in [-0.4, -0.2) is 9.97 Å². The maximum atomic E-state index is 13.4. The van der Waals surface area contributed by atoms with Gasteiger partial charge in [-0.2, -0.15) is 0 Å². The topological polar surface area (TPSA) is 35.0 Å². The van der Waals surface area contributed by atoms with Gasteiger partial charge in [-0.1, -0.05) is 15.9 Å². The van der Waals surface area contributed by atoms with E-state index in [-0.39, 0.29) is 18.2 Å². The highest BCUT2D eigenvalue weighted by molar-refractivity contribution is 9.10. The van der Waals surface area contributed by atoms with E-state index < -0.39 is 0 Å². The molecule has 0 aliphatic rings. The summed E-state index contributed by atoms with van der Waals surface area (Å²) in [5, 5.41) is 0. The minimum atomic E-state index is -0.388. The summed E-state index contributed by atoms with van der Waals surface area (Å²) in [6.07, 6.45) is 3.33. The lowest BCUT2D eigenvalue weighted by Gasteiger charge is -2.07. The molecule has 3 nitrogen and oxygen atoms in total. The molecule has 2 rings (SSSR count). The van der Waals surface area contributed by atoms with E-state index in [0.29, 0.717) is 5.82 Å². The first-order valence-corrected chi connectivity index (χ1v) is 5.80. The Bertz CT molecular complexity index is 516. The smallest absolute Gasteiger partial charge is 0.165 e. The third-order valence-electron chi connectivity index (χ3n) is 2.12. The molecule has 0 saturated carbocycles. The molecule has 0 aliphatic carbocycles. The molecule has 0 unspecified atom stereocenters. The van der Waals surface area contributed by atoms with Crippen LogP contribution in [0.2, 0.25) is 0 Å². The van der Waals surface area contributed by atoms with Gasteiger partial charge in [-0.05, 0) is 25.1 Å². The molecule has 0 radical (unpaired) electrons. The van der Waals surface area contributed by atoms with E-state index in [9.17, 15) is 4.39 Å². The number of halogens is 2. The Hall–Kier alpha value is -1.49. The average Bonchev–Trinajstić information content (AvgIpc) is 2.32. The van der Waals surface area contributed by atoms with Gasteiger partial charge < -0.3 is 4.74 Å². The van der Waals surface area contributed by atoms with Crippen LogP contribution >= 0.6 is 15.9 Å². The second-order valence-corrected chi connectivity index (χ2v) is 4.42. The Kier molecular flexibility index (Phi) is 3.68. The lowest BCUT2D eigenvalue weighted by Crippen LogP contribution is -1.99. The van der Waals surface area contributed by atoms with Crippen LogP contribution in [0.25, 0.3) is 0 Å². The molecule has 1 heterocycles. The van der Waals surface area contributed by atoms with Crippen molar-refractivity contribution in [3.8, 4) is 5.75 Å². The van der Waals surface area contributed by atoms with Gasteiger partial charge in [0.1, 0.15) is 12.4 Å². The van der Waals surface area contributed by atoms with Crippen LogP contribution in [0.5, 0.6) is 5.75 Å². The summed E-state index contributed by atoms with van der Waals surface area (Å²) in [7, 11) is 0. The van der Waals surface area contributed by atoms with Crippen molar-refractivity contribution in [2.45, 2.75) is 13.5 Å². The molecule has 0 saturated heterocycles. The van der Waals surface area contributed by atoms with Crippen molar-refractivity contribution in [2.24, 2.45) is 0 Å². The van der Waals surface area contributed by atoms with E-state index in [1.165, 1.54) is 6.07 Å². The fourth-order valence-electron chi connectivity index (χ4n) is 1.24. The molecule has 0 bridgehead atoms. The first-order valence-electron chi connectivity index (χ1n) is 5.00. The van der Waals surface area contributed by atoms with E-state index >= 15 is 0 Å². The van der Waals surface area contributed by atoms with Crippen molar-refractivity contribution in [3.05, 3.63) is 52.3 Å². The van der Waals surface area contributed by atoms with Crippen molar-refractivity contribution in [1.82, 2.24) is 9.97 Å². The number of benzene rings is 1. The van der Waals surface area contributed by atoms with Crippen LogP contribution in [0.1, 0.15) is 11.4 Å². The van der Waals surface area contributed by atoms with E-state index in [4.69, 9.17) is 4.74 Å². The first-order chi connectivity index (χ1) is 8.15. The van der Waals surface area contributed by atoms with Gasteiger partial charge in [0, 0.05) is 22.4 Å². The summed E-state index contributed by atoms with van der Waals surface area (Å²) >= 11 is 3.26. The molecule has 0 fully saturated rings. The van der Waals surface area contributed by atoms with E-state index in [2.05, 4.69) is 25.9 Å². The summed E-state index contributed by atoms with van der Waals surface area (Å²) in [6, 6.07) is 4.56. The van der Waals surface area contributed by atoms with Crippen LogP contribution in [0, 0.1) is 12.7 Å². The van der Waals surface area contributed by atoms with Gasteiger partial charge >= 0.3 is 0 Å². The predicted octanol–water partition coefficient (Wildman–Crippen LogP) is 3.27. The summed E-state index contributed by atoms with van der Waals surface area (Å²) in [6.45, 7) is 2.05. The molecule has 17 heavy (non-hydrogen) atoms. The highest BCUT2D eigenvalue weighted by atomic mass is 79.9. The zero-order valence-corrected chi connectivity index (χ0v) is 10.7. The zero-order chi connectivity index (χ0) is 12.3. The second kappa shape index (κ2) is 5.23. The molecule has 1 aromatic carbocycles. The minimum Gasteiger partial charge on any atom is -0.486 e. The Morgan fingerprint density at radius 1 is 1.29 bits per heavy atom. The fourth-order valence-corrected chi connectivity index (χ4v) is 1.58.